The van der Waals surface area contributed by atoms with Gasteiger partial charge in [0.1, 0.15) is 17.5 Å². The molecule has 0 saturated carbocycles. The number of methoxy groups -OCH3 is 2. The Morgan fingerprint density at radius 3 is 1.46 bits per heavy atom. The molecule has 272 valence electrons. The quantitative estimate of drug-likeness (QED) is 0.0665. The van der Waals surface area contributed by atoms with Crippen molar-refractivity contribution in [1.82, 2.24) is 29.1 Å². The number of imidazole rings is 2. The van der Waals surface area contributed by atoms with Crippen molar-refractivity contribution in [3.05, 3.63) is 103 Å². The van der Waals surface area contributed by atoms with Gasteiger partial charge in [0.15, 0.2) is 10.3 Å². The van der Waals surface area contributed by atoms with E-state index in [1.165, 1.54) is 48.3 Å². The van der Waals surface area contributed by atoms with Crippen molar-refractivity contribution in [3.63, 3.8) is 0 Å². The zero-order valence-corrected chi connectivity index (χ0v) is 31.0. The van der Waals surface area contributed by atoms with Crippen LogP contribution in [0.2, 0.25) is 0 Å². The fraction of sp³-hybridized carbons (Fsp3) is 0.263. The van der Waals surface area contributed by atoms with Crippen molar-refractivity contribution in [2.45, 2.75) is 36.2 Å². The second-order valence-electron chi connectivity index (χ2n) is 11.4. The van der Waals surface area contributed by atoms with E-state index in [9.17, 15) is 13.2 Å². The Labute approximate surface area is 309 Å². The van der Waals surface area contributed by atoms with Crippen LogP contribution in [-0.2, 0) is 22.6 Å². The highest BCUT2D eigenvalue weighted by molar-refractivity contribution is 7.98. The molecule has 2 aromatic carbocycles. The molecule has 2 N–H and O–H groups in total. The number of aromatic nitrogens is 6. The molecule has 0 bridgehead atoms. The van der Waals surface area contributed by atoms with E-state index in [0.29, 0.717) is 36.8 Å². The van der Waals surface area contributed by atoms with Crippen molar-refractivity contribution < 1.29 is 22.6 Å². The number of nitrogen functional groups attached to an aromatic ring is 1. The number of pyridine rings is 2. The first kappa shape index (κ1) is 38.6. The number of benzene rings is 2. The summed E-state index contributed by atoms with van der Waals surface area (Å²) in [7, 11) is 3.35. The summed E-state index contributed by atoms with van der Waals surface area (Å²) < 4.78 is 55.0. The summed E-state index contributed by atoms with van der Waals surface area (Å²) >= 11 is 3.09. The van der Waals surface area contributed by atoms with E-state index in [4.69, 9.17) is 25.2 Å². The van der Waals surface area contributed by atoms with Gasteiger partial charge >= 0.3 is 0 Å². The molecule has 0 atom stereocenters. The largest absolute Gasteiger partial charge is 0.385 e. The Balaban J connectivity index is 0.000000201. The van der Waals surface area contributed by atoms with Gasteiger partial charge < -0.3 is 24.3 Å². The molecule has 14 heteroatoms. The van der Waals surface area contributed by atoms with Gasteiger partial charge in [0, 0.05) is 81.2 Å². The molecule has 0 aliphatic rings. The lowest BCUT2D eigenvalue weighted by Gasteiger charge is -2.12. The van der Waals surface area contributed by atoms with Crippen LogP contribution in [0.3, 0.4) is 0 Å². The fourth-order valence-electron chi connectivity index (χ4n) is 5.67. The van der Waals surface area contributed by atoms with E-state index in [-0.39, 0.29) is 11.6 Å². The van der Waals surface area contributed by atoms with Gasteiger partial charge in [-0.25, -0.2) is 28.7 Å². The van der Waals surface area contributed by atoms with Crippen LogP contribution >= 0.6 is 23.5 Å². The number of rotatable bonds is 14. The third kappa shape index (κ3) is 9.42. The van der Waals surface area contributed by atoms with Crippen molar-refractivity contribution >= 4 is 29.3 Å². The van der Waals surface area contributed by atoms with Gasteiger partial charge in [-0.2, -0.15) is 4.39 Å². The van der Waals surface area contributed by atoms with E-state index < -0.39 is 5.95 Å². The summed E-state index contributed by atoms with van der Waals surface area (Å²) in [6, 6.07) is 19.4. The summed E-state index contributed by atoms with van der Waals surface area (Å²) in [5.74, 6) is -0.686. The Kier molecular flexibility index (Phi) is 13.9. The van der Waals surface area contributed by atoms with Crippen LogP contribution in [0.15, 0.2) is 95.5 Å². The lowest BCUT2D eigenvalue weighted by molar-refractivity contribution is 0.189. The van der Waals surface area contributed by atoms with Gasteiger partial charge in [0.2, 0.25) is 5.95 Å². The van der Waals surface area contributed by atoms with E-state index in [1.54, 1.807) is 62.5 Å². The number of ether oxygens (including phenoxy) is 2. The van der Waals surface area contributed by atoms with Gasteiger partial charge in [-0.05, 0) is 92.1 Å². The van der Waals surface area contributed by atoms with Gasteiger partial charge in [-0.1, -0.05) is 23.5 Å². The highest BCUT2D eigenvalue weighted by Crippen LogP contribution is 2.37. The fourth-order valence-corrected chi connectivity index (χ4v) is 6.85. The maximum Gasteiger partial charge on any atom is 0.213 e. The van der Waals surface area contributed by atoms with Crippen LogP contribution in [-0.4, -0.2) is 69.0 Å². The Morgan fingerprint density at radius 2 is 1.06 bits per heavy atom. The lowest BCUT2D eigenvalue weighted by Crippen LogP contribution is -2.05. The van der Waals surface area contributed by atoms with Gasteiger partial charge in [-0.3, -0.25) is 0 Å². The Hall–Kier alpha value is -4.63. The molecular weight excluding hydrogens is 708 g/mol. The molecule has 0 amide bonds. The SMILES string of the molecule is COCCCn1c(SC)nc(-c2ccc(F)cc2)c1-c1ccnc(F)c1.COCCCn1c(SC)nc(-c2ccc(F)cc2)c1-c1ccnc(N)c1. The normalized spacial score (nSPS) is 11.1. The molecule has 9 nitrogen and oxygen atoms in total. The molecule has 0 saturated heterocycles. The Morgan fingerprint density at radius 1 is 0.615 bits per heavy atom. The monoisotopic (exact) mass is 747 g/mol. The van der Waals surface area contributed by atoms with Crippen molar-refractivity contribution in [1.29, 1.82) is 0 Å². The molecule has 6 aromatic rings. The third-order valence-corrected chi connectivity index (χ3v) is 9.33. The number of halogens is 3. The van der Waals surface area contributed by atoms with Crippen molar-refractivity contribution in [2.24, 2.45) is 0 Å². The second-order valence-corrected chi connectivity index (χ2v) is 13.0. The van der Waals surface area contributed by atoms with Crippen LogP contribution < -0.4 is 5.73 Å². The standard InChI is InChI=1S/C19H19F2N3OS.C19H21FN4OS/c2*1-25-11-3-10-24-18(14-8-9-22-16(21)12-14)17(23-19(24)26-2)13-4-6-15(20)7-5-13/h4-9,12H,3,10-11H2,1-2H3;4-9,12H,3,10-11H2,1-2H3,(H2,21,22). The second kappa shape index (κ2) is 18.7. The van der Waals surface area contributed by atoms with E-state index >= 15 is 0 Å². The lowest BCUT2D eigenvalue weighted by atomic mass is 10.1. The number of nitrogens with zero attached hydrogens (tertiary/aromatic N) is 6. The highest BCUT2D eigenvalue weighted by atomic mass is 32.2. The maximum atomic E-state index is 13.8. The summed E-state index contributed by atoms with van der Waals surface area (Å²) in [5, 5.41) is 1.71. The van der Waals surface area contributed by atoms with Crippen LogP contribution in [0.25, 0.3) is 45.0 Å². The Bertz CT molecular complexity index is 1910. The smallest absolute Gasteiger partial charge is 0.213 e. The van der Waals surface area contributed by atoms with Gasteiger partial charge in [0.25, 0.3) is 0 Å². The molecule has 0 aliphatic carbocycles. The third-order valence-electron chi connectivity index (χ3n) is 7.98. The van der Waals surface area contributed by atoms with Gasteiger partial charge in [0.05, 0.1) is 22.8 Å². The molecule has 4 heterocycles. The molecule has 0 fully saturated rings. The molecule has 0 unspecified atom stereocenters. The molecule has 0 radical (unpaired) electrons. The zero-order chi connectivity index (χ0) is 37.0. The average Bonchev–Trinajstić information content (AvgIpc) is 3.71. The molecule has 0 spiro atoms. The number of nitrogens with two attached hydrogens (primary N) is 1. The number of hydrogen-bond donors (Lipinski definition) is 1. The first-order chi connectivity index (χ1) is 25.3. The predicted octanol–water partition coefficient (Wildman–Crippen LogP) is 8.74. The van der Waals surface area contributed by atoms with E-state index in [0.717, 1.165) is 63.5 Å². The highest BCUT2D eigenvalue weighted by Gasteiger charge is 2.22. The molecular formula is C38H40F3N7O2S2. The molecule has 52 heavy (non-hydrogen) atoms. The summed E-state index contributed by atoms with van der Waals surface area (Å²) in [6.45, 7) is 2.71. The van der Waals surface area contributed by atoms with E-state index in [1.807, 2.05) is 24.6 Å². The van der Waals surface area contributed by atoms with Crippen LogP contribution in [0, 0.1) is 17.6 Å². The van der Waals surface area contributed by atoms with E-state index in [2.05, 4.69) is 19.1 Å². The van der Waals surface area contributed by atoms with Crippen molar-refractivity contribution in [2.75, 3.05) is 45.7 Å². The maximum absolute atomic E-state index is 13.8. The van der Waals surface area contributed by atoms with Crippen LogP contribution in [0.4, 0.5) is 19.0 Å². The summed E-state index contributed by atoms with van der Waals surface area (Å²) in [5.41, 5.74) is 12.4. The minimum Gasteiger partial charge on any atom is -0.385 e. The average molecular weight is 748 g/mol. The van der Waals surface area contributed by atoms with Gasteiger partial charge in [-0.15, -0.1) is 0 Å². The minimum atomic E-state index is -0.553. The summed E-state index contributed by atoms with van der Waals surface area (Å²) in [4.78, 5) is 17.3. The van der Waals surface area contributed by atoms with Crippen molar-refractivity contribution in [3.8, 4) is 45.0 Å². The van der Waals surface area contributed by atoms with Crippen LogP contribution in [0.1, 0.15) is 12.8 Å². The first-order valence-corrected chi connectivity index (χ1v) is 18.9. The topological polar surface area (TPSA) is 106 Å². The number of thioether (sulfide) groups is 2. The number of anilines is 1. The zero-order valence-electron chi connectivity index (χ0n) is 29.4. The number of hydrogen-bond acceptors (Lipinski definition) is 9. The van der Waals surface area contributed by atoms with Crippen LogP contribution in [0.5, 0.6) is 0 Å². The summed E-state index contributed by atoms with van der Waals surface area (Å²) in [6.07, 6.45) is 8.71. The minimum absolute atomic E-state index is 0.270. The molecule has 0 aliphatic heterocycles. The predicted molar refractivity (Wildman–Crippen MR) is 203 cm³/mol. The first-order valence-electron chi connectivity index (χ1n) is 16.4. The molecule has 4 aromatic heterocycles. The molecule has 6 rings (SSSR count).